The van der Waals surface area contributed by atoms with E-state index in [2.05, 4.69) is 10.2 Å². The zero-order valence-corrected chi connectivity index (χ0v) is 13.8. The van der Waals surface area contributed by atoms with Gasteiger partial charge in [-0.15, -0.1) is 11.6 Å². The Hall–Kier alpha value is -0.363. The molecule has 0 spiro atoms. The van der Waals surface area contributed by atoms with Crippen LogP contribution in [-0.2, 0) is 20.7 Å². The number of hydrogen-bond donors (Lipinski definition) is 0. The molecule has 1 aliphatic rings. The van der Waals surface area contributed by atoms with Crippen LogP contribution in [0, 0.1) is 0 Å². The molecule has 1 fully saturated rings. The number of rotatable bonds is 5. The molecule has 0 aliphatic heterocycles. The summed E-state index contributed by atoms with van der Waals surface area (Å²) in [5.41, 5.74) is 1.09. The second-order valence-corrected chi connectivity index (χ2v) is 7.67. The highest BCUT2D eigenvalue weighted by molar-refractivity contribution is 7.86. The number of benzene rings is 1. The molecule has 0 amide bonds. The van der Waals surface area contributed by atoms with Gasteiger partial charge in [0.05, 0.1) is 16.4 Å². The standard InChI is InChI=1S/C14H18ClO3SSi/c15-13-3-1-2-4-14(13)18-19(16,17)12-7-5-11(6-8-12)9-10-20/h5-8,13-14H,1-4,9-10H2. The van der Waals surface area contributed by atoms with Crippen molar-refractivity contribution in [2.45, 2.75) is 54.5 Å². The fourth-order valence-corrected chi connectivity index (χ4v) is 4.16. The second kappa shape index (κ2) is 7.07. The Morgan fingerprint density at radius 1 is 1.20 bits per heavy atom. The van der Waals surface area contributed by atoms with Crippen LogP contribution in [0.4, 0.5) is 0 Å². The van der Waals surface area contributed by atoms with E-state index < -0.39 is 16.2 Å². The molecule has 6 heteroatoms. The first-order valence-corrected chi connectivity index (χ1v) is 9.39. The molecule has 1 aromatic rings. The van der Waals surface area contributed by atoms with E-state index in [9.17, 15) is 8.42 Å². The summed E-state index contributed by atoms with van der Waals surface area (Å²) in [5, 5.41) is -0.217. The summed E-state index contributed by atoms with van der Waals surface area (Å²) in [6.45, 7) is 0. The zero-order chi connectivity index (χ0) is 14.6. The Kier molecular flexibility index (Phi) is 5.66. The Morgan fingerprint density at radius 3 is 2.45 bits per heavy atom. The Labute approximate surface area is 129 Å². The molecule has 0 aromatic heterocycles. The van der Waals surface area contributed by atoms with Crippen LogP contribution in [0.25, 0.3) is 0 Å². The average Bonchev–Trinajstić information content (AvgIpc) is 2.42. The van der Waals surface area contributed by atoms with Crippen LogP contribution in [0.2, 0.25) is 6.04 Å². The Balaban J connectivity index is 2.09. The summed E-state index contributed by atoms with van der Waals surface area (Å²) >= 11 is 6.15. The minimum atomic E-state index is -3.72. The van der Waals surface area contributed by atoms with Crippen molar-refractivity contribution < 1.29 is 12.6 Å². The van der Waals surface area contributed by atoms with E-state index in [4.69, 9.17) is 15.8 Å². The van der Waals surface area contributed by atoms with Crippen molar-refractivity contribution in [1.82, 2.24) is 0 Å². The molecule has 0 saturated heterocycles. The molecule has 2 unspecified atom stereocenters. The third-order valence-electron chi connectivity index (χ3n) is 3.50. The molecule has 109 valence electrons. The van der Waals surface area contributed by atoms with Crippen LogP contribution < -0.4 is 0 Å². The molecule has 0 N–H and O–H groups in total. The molecule has 3 nitrogen and oxygen atoms in total. The summed E-state index contributed by atoms with van der Waals surface area (Å²) in [7, 11) is -0.315. The highest BCUT2D eigenvalue weighted by Gasteiger charge is 2.29. The summed E-state index contributed by atoms with van der Waals surface area (Å²) < 4.78 is 29.8. The maximum absolute atomic E-state index is 12.2. The van der Waals surface area contributed by atoms with E-state index in [1.807, 2.05) is 12.1 Å². The van der Waals surface area contributed by atoms with Crippen LogP contribution >= 0.6 is 11.6 Å². The molecule has 3 radical (unpaired) electrons. The van der Waals surface area contributed by atoms with E-state index in [1.54, 1.807) is 12.1 Å². The van der Waals surface area contributed by atoms with E-state index in [1.165, 1.54) is 0 Å². The maximum Gasteiger partial charge on any atom is 0.297 e. The van der Waals surface area contributed by atoms with E-state index >= 15 is 0 Å². The van der Waals surface area contributed by atoms with Gasteiger partial charge in [0, 0.05) is 10.2 Å². The first-order valence-electron chi connectivity index (χ1n) is 6.84. The Morgan fingerprint density at radius 2 is 1.85 bits per heavy atom. The lowest BCUT2D eigenvalue weighted by atomic mass is 9.97. The van der Waals surface area contributed by atoms with Crippen molar-refractivity contribution in [1.29, 1.82) is 0 Å². The smallest absolute Gasteiger partial charge is 0.261 e. The number of aryl methyl sites for hydroxylation is 1. The van der Waals surface area contributed by atoms with Gasteiger partial charge >= 0.3 is 0 Å². The number of hydrogen-bond acceptors (Lipinski definition) is 3. The highest BCUT2D eigenvalue weighted by Crippen LogP contribution is 2.28. The van der Waals surface area contributed by atoms with Crippen molar-refractivity contribution in [3.05, 3.63) is 29.8 Å². The lowest BCUT2D eigenvalue weighted by Gasteiger charge is -2.26. The zero-order valence-electron chi connectivity index (χ0n) is 11.2. The van der Waals surface area contributed by atoms with E-state index in [0.29, 0.717) is 6.42 Å². The van der Waals surface area contributed by atoms with Crippen LogP contribution in [0.3, 0.4) is 0 Å². The first kappa shape index (κ1) is 16.0. The lowest BCUT2D eigenvalue weighted by molar-refractivity contribution is 0.166. The molecule has 1 saturated carbocycles. The van der Waals surface area contributed by atoms with Crippen molar-refractivity contribution in [3.63, 3.8) is 0 Å². The summed E-state index contributed by atoms with van der Waals surface area (Å²) in [6, 6.07) is 7.67. The Bertz CT molecular complexity index is 530. The van der Waals surface area contributed by atoms with Gasteiger partial charge in [0.1, 0.15) is 0 Å². The van der Waals surface area contributed by atoms with Gasteiger partial charge in [0.25, 0.3) is 10.1 Å². The minimum Gasteiger partial charge on any atom is -0.261 e. The fourth-order valence-electron chi connectivity index (χ4n) is 2.35. The minimum absolute atomic E-state index is 0.199. The van der Waals surface area contributed by atoms with Gasteiger partial charge in [-0.2, -0.15) is 8.42 Å². The molecular weight excluding hydrogens is 312 g/mol. The van der Waals surface area contributed by atoms with Gasteiger partial charge in [-0.3, -0.25) is 4.18 Å². The predicted molar refractivity (Wildman–Crippen MR) is 80.9 cm³/mol. The fraction of sp³-hybridized carbons (Fsp3) is 0.571. The molecule has 2 rings (SSSR count). The van der Waals surface area contributed by atoms with Gasteiger partial charge in [-0.25, -0.2) is 0 Å². The maximum atomic E-state index is 12.2. The van der Waals surface area contributed by atoms with Crippen molar-refractivity contribution in [3.8, 4) is 0 Å². The number of alkyl halides is 1. The van der Waals surface area contributed by atoms with E-state index in [0.717, 1.165) is 37.3 Å². The first-order chi connectivity index (χ1) is 9.53. The van der Waals surface area contributed by atoms with Crippen molar-refractivity contribution in [2.24, 2.45) is 0 Å². The third kappa shape index (κ3) is 4.07. The molecule has 0 heterocycles. The molecule has 0 bridgehead atoms. The van der Waals surface area contributed by atoms with Gasteiger partial charge in [-0.05, 0) is 37.0 Å². The molecule has 2 atom stereocenters. The lowest BCUT2D eigenvalue weighted by Crippen LogP contribution is -2.30. The predicted octanol–water partition coefficient (Wildman–Crippen LogP) is 3.07. The second-order valence-electron chi connectivity index (χ2n) is 5.03. The van der Waals surface area contributed by atoms with Gasteiger partial charge in [-0.1, -0.05) is 31.0 Å². The van der Waals surface area contributed by atoms with Crippen LogP contribution in [0.1, 0.15) is 31.2 Å². The van der Waals surface area contributed by atoms with E-state index in [-0.39, 0.29) is 10.3 Å². The van der Waals surface area contributed by atoms with Crippen molar-refractivity contribution >= 4 is 32.0 Å². The quantitative estimate of drug-likeness (QED) is 0.473. The normalized spacial score (nSPS) is 23.7. The average molecular weight is 330 g/mol. The molecule has 1 aromatic carbocycles. The largest absolute Gasteiger partial charge is 0.297 e. The van der Waals surface area contributed by atoms with Crippen LogP contribution in [0.5, 0.6) is 0 Å². The molecular formula is C14H18ClO3SSi. The van der Waals surface area contributed by atoms with Gasteiger partial charge in [0.15, 0.2) is 0 Å². The van der Waals surface area contributed by atoms with Gasteiger partial charge in [0.2, 0.25) is 0 Å². The van der Waals surface area contributed by atoms with Crippen LogP contribution in [-0.4, -0.2) is 30.1 Å². The topological polar surface area (TPSA) is 43.4 Å². The SMILES string of the molecule is O=S(=O)(OC1CCCCC1Cl)c1ccc(CC[Si])cc1. The summed E-state index contributed by atoms with van der Waals surface area (Å²) in [4.78, 5) is 0.199. The summed E-state index contributed by atoms with van der Waals surface area (Å²) in [5.74, 6) is 0. The molecule has 1 aliphatic carbocycles. The van der Waals surface area contributed by atoms with Crippen LogP contribution in [0.15, 0.2) is 29.2 Å². The third-order valence-corrected chi connectivity index (χ3v) is 5.60. The monoisotopic (exact) mass is 329 g/mol. The molecule has 20 heavy (non-hydrogen) atoms. The van der Waals surface area contributed by atoms with Crippen molar-refractivity contribution in [2.75, 3.05) is 0 Å². The summed E-state index contributed by atoms with van der Waals surface area (Å²) in [6.07, 6.45) is 3.98. The highest BCUT2D eigenvalue weighted by atomic mass is 35.5. The number of halogens is 1. The van der Waals surface area contributed by atoms with Gasteiger partial charge < -0.3 is 0 Å².